The van der Waals surface area contributed by atoms with Crippen molar-refractivity contribution in [3.05, 3.63) is 30.2 Å². The zero-order valence-electron chi connectivity index (χ0n) is 9.29. The predicted molar refractivity (Wildman–Crippen MR) is 60.3 cm³/mol. The van der Waals surface area contributed by atoms with E-state index in [-0.39, 0.29) is 5.41 Å². The minimum Gasteiger partial charge on any atom is -0.496 e. The molecule has 0 aromatic heterocycles. The van der Waals surface area contributed by atoms with E-state index in [4.69, 9.17) is 10.5 Å². The van der Waals surface area contributed by atoms with Gasteiger partial charge in [0.2, 0.25) is 0 Å². The van der Waals surface area contributed by atoms with E-state index in [1.54, 1.807) is 7.11 Å². The average Bonchev–Trinajstić information content (AvgIpc) is 2.01. The number of ether oxygens (including phenoxy) is 1. The van der Waals surface area contributed by atoms with Gasteiger partial charge in [0.25, 0.3) is 0 Å². The molecule has 2 heteroatoms. The summed E-state index contributed by atoms with van der Waals surface area (Å²) in [5, 5.41) is 0. The molecule has 2 N–H and O–H groups in total. The Kier molecular flexibility index (Phi) is 3.04. The van der Waals surface area contributed by atoms with Gasteiger partial charge >= 0.3 is 0 Å². The minimum atomic E-state index is 0.126. The molecule has 0 saturated carbocycles. The highest BCUT2D eigenvalue weighted by molar-refractivity contribution is 5.51. The van der Waals surface area contributed by atoms with Crippen LogP contribution in [0.2, 0.25) is 0 Å². The Morgan fingerprint density at radius 2 is 1.93 bits per heavy atom. The van der Waals surface area contributed by atoms with Crippen molar-refractivity contribution in [2.75, 3.05) is 12.8 Å². The van der Waals surface area contributed by atoms with E-state index < -0.39 is 0 Å². The van der Waals surface area contributed by atoms with Crippen LogP contribution in [0.25, 0.3) is 0 Å². The lowest BCUT2D eigenvalue weighted by Gasteiger charge is -2.19. The SMILES string of the molecule is COc1ccc(N)cc1[CH]C(C)(C)C. The van der Waals surface area contributed by atoms with E-state index in [1.807, 2.05) is 18.2 Å². The fourth-order valence-electron chi connectivity index (χ4n) is 1.33. The molecule has 1 radical (unpaired) electrons. The molecule has 0 aliphatic heterocycles. The fraction of sp³-hybridized carbons (Fsp3) is 0.417. The van der Waals surface area contributed by atoms with Crippen LogP contribution in [-0.2, 0) is 0 Å². The standard InChI is InChI=1S/C12H18NO/c1-12(2,3)8-9-7-10(13)5-6-11(9)14-4/h5-8H,13H2,1-4H3. The lowest BCUT2D eigenvalue weighted by molar-refractivity contribution is 0.407. The molecule has 0 bridgehead atoms. The number of methoxy groups -OCH3 is 1. The molecule has 0 saturated heterocycles. The van der Waals surface area contributed by atoms with Crippen LogP contribution in [0.1, 0.15) is 26.3 Å². The monoisotopic (exact) mass is 192 g/mol. The van der Waals surface area contributed by atoms with Crippen LogP contribution in [0, 0.1) is 11.8 Å². The predicted octanol–water partition coefficient (Wildman–Crippen LogP) is 2.88. The van der Waals surface area contributed by atoms with Gasteiger partial charge in [-0.2, -0.15) is 0 Å². The van der Waals surface area contributed by atoms with Crippen molar-refractivity contribution in [3.8, 4) is 5.75 Å². The summed E-state index contributed by atoms with van der Waals surface area (Å²) in [5.74, 6) is 0.870. The van der Waals surface area contributed by atoms with E-state index in [0.717, 1.165) is 17.0 Å². The first-order valence-electron chi connectivity index (χ1n) is 4.72. The van der Waals surface area contributed by atoms with Gasteiger partial charge < -0.3 is 10.5 Å². The Bertz CT molecular complexity index is 313. The molecule has 14 heavy (non-hydrogen) atoms. The number of hydrogen-bond acceptors (Lipinski definition) is 2. The molecule has 1 aromatic rings. The highest BCUT2D eigenvalue weighted by Crippen LogP contribution is 2.30. The van der Waals surface area contributed by atoms with Crippen molar-refractivity contribution in [1.82, 2.24) is 0 Å². The highest BCUT2D eigenvalue weighted by atomic mass is 16.5. The number of rotatable bonds is 2. The highest BCUT2D eigenvalue weighted by Gasteiger charge is 2.15. The van der Waals surface area contributed by atoms with Crippen molar-refractivity contribution in [2.45, 2.75) is 20.8 Å². The summed E-state index contributed by atoms with van der Waals surface area (Å²) >= 11 is 0. The second-order valence-corrected chi connectivity index (χ2v) is 4.51. The van der Waals surface area contributed by atoms with Gasteiger partial charge in [-0.15, -0.1) is 0 Å². The average molecular weight is 192 g/mol. The van der Waals surface area contributed by atoms with E-state index in [0.29, 0.717) is 0 Å². The number of anilines is 1. The van der Waals surface area contributed by atoms with Gasteiger partial charge in [-0.1, -0.05) is 20.8 Å². The summed E-state index contributed by atoms with van der Waals surface area (Å²) in [6.07, 6.45) is 2.15. The van der Waals surface area contributed by atoms with Crippen molar-refractivity contribution in [2.24, 2.45) is 5.41 Å². The molecule has 0 spiro atoms. The first-order valence-corrected chi connectivity index (χ1v) is 4.72. The first kappa shape index (κ1) is 10.9. The maximum atomic E-state index is 5.73. The van der Waals surface area contributed by atoms with E-state index >= 15 is 0 Å². The zero-order chi connectivity index (χ0) is 10.8. The number of benzene rings is 1. The van der Waals surface area contributed by atoms with Crippen LogP contribution in [0.3, 0.4) is 0 Å². The van der Waals surface area contributed by atoms with Gasteiger partial charge in [-0.05, 0) is 30.0 Å². The third-order valence-electron chi connectivity index (χ3n) is 1.84. The Balaban J connectivity index is 2.99. The molecule has 1 rings (SSSR count). The molecule has 0 aliphatic rings. The summed E-state index contributed by atoms with van der Waals surface area (Å²) in [5.41, 5.74) is 7.67. The summed E-state index contributed by atoms with van der Waals surface area (Å²) in [6, 6.07) is 5.68. The van der Waals surface area contributed by atoms with Crippen molar-refractivity contribution < 1.29 is 4.74 Å². The van der Waals surface area contributed by atoms with Crippen molar-refractivity contribution >= 4 is 5.69 Å². The normalized spacial score (nSPS) is 11.4. The minimum absolute atomic E-state index is 0.126. The molecule has 1 aromatic carbocycles. The molecule has 0 fully saturated rings. The van der Waals surface area contributed by atoms with Gasteiger partial charge in [0.1, 0.15) is 5.75 Å². The van der Waals surface area contributed by atoms with Crippen LogP contribution < -0.4 is 10.5 Å². The summed E-state index contributed by atoms with van der Waals surface area (Å²) in [7, 11) is 1.67. The molecule has 0 heterocycles. The Labute approximate surface area is 86.1 Å². The maximum Gasteiger partial charge on any atom is 0.122 e. The second kappa shape index (κ2) is 3.91. The molecule has 0 atom stereocenters. The molecule has 2 nitrogen and oxygen atoms in total. The first-order chi connectivity index (χ1) is 6.42. The van der Waals surface area contributed by atoms with Crippen LogP contribution in [0.5, 0.6) is 5.75 Å². The molecular weight excluding hydrogens is 174 g/mol. The topological polar surface area (TPSA) is 35.2 Å². The van der Waals surface area contributed by atoms with Gasteiger partial charge in [-0.25, -0.2) is 0 Å². The van der Waals surface area contributed by atoms with Gasteiger partial charge in [-0.3, -0.25) is 0 Å². The van der Waals surface area contributed by atoms with E-state index in [2.05, 4.69) is 27.2 Å². The van der Waals surface area contributed by atoms with E-state index in [9.17, 15) is 0 Å². The fourth-order valence-corrected chi connectivity index (χ4v) is 1.33. The smallest absolute Gasteiger partial charge is 0.122 e. The summed E-state index contributed by atoms with van der Waals surface area (Å²) < 4.78 is 5.26. The quantitative estimate of drug-likeness (QED) is 0.731. The van der Waals surface area contributed by atoms with Crippen molar-refractivity contribution in [1.29, 1.82) is 0 Å². The molecule has 0 amide bonds. The lowest BCUT2D eigenvalue weighted by Crippen LogP contribution is -2.07. The zero-order valence-corrected chi connectivity index (χ0v) is 9.29. The van der Waals surface area contributed by atoms with Gasteiger partial charge in [0.05, 0.1) is 7.11 Å². The van der Waals surface area contributed by atoms with Gasteiger partial charge in [0, 0.05) is 11.3 Å². The largest absolute Gasteiger partial charge is 0.496 e. The van der Waals surface area contributed by atoms with Crippen LogP contribution in [0.4, 0.5) is 5.69 Å². The van der Waals surface area contributed by atoms with Gasteiger partial charge in [0.15, 0.2) is 0 Å². The van der Waals surface area contributed by atoms with E-state index in [1.165, 1.54) is 0 Å². The molecule has 77 valence electrons. The molecule has 0 unspecified atom stereocenters. The Morgan fingerprint density at radius 3 is 2.43 bits per heavy atom. The summed E-state index contributed by atoms with van der Waals surface area (Å²) in [4.78, 5) is 0. The third-order valence-corrected chi connectivity index (χ3v) is 1.84. The summed E-state index contributed by atoms with van der Waals surface area (Å²) in [6.45, 7) is 6.45. The lowest BCUT2D eigenvalue weighted by atomic mass is 9.87. The molecule has 0 aliphatic carbocycles. The molecular formula is C12H18NO. The Hall–Kier alpha value is -1.18. The van der Waals surface area contributed by atoms with Crippen LogP contribution >= 0.6 is 0 Å². The second-order valence-electron chi connectivity index (χ2n) is 4.51. The van der Waals surface area contributed by atoms with Crippen molar-refractivity contribution in [3.63, 3.8) is 0 Å². The van der Waals surface area contributed by atoms with Crippen LogP contribution in [0.15, 0.2) is 18.2 Å². The maximum absolute atomic E-state index is 5.73. The van der Waals surface area contributed by atoms with Crippen LogP contribution in [-0.4, -0.2) is 7.11 Å². The third kappa shape index (κ3) is 2.95. The Morgan fingerprint density at radius 1 is 1.29 bits per heavy atom. The number of nitrogen functional groups attached to an aromatic ring is 1. The number of hydrogen-bond donors (Lipinski definition) is 1. The number of nitrogens with two attached hydrogens (primary N) is 1.